The standard InChI is InChI=1S/C33H30F3N3O5/c1-20-28(37-29(43-20)22-10-14-25(15-11-22)33(34,35)36)19-42-26-7-5-6-23(18-26)27(16-17-39-30(40)38-31(41)44-39)21-8-12-24(13-9-21)32(2,3)4/h5-16,18H,17,19H2,1-4H3,(H,38,40,41)/b27-16+. The first-order chi connectivity index (χ1) is 20.8. The summed E-state index contributed by atoms with van der Waals surface area (Å²) < 4.78 is 56.4. The van der Waals surface area contributed by atoms with Gasteiger partial charge in [0, 0.05) is 5.56 Å². The summed E-state index contributed by atoms with van der Waals surface area (Å²) in [6.07, 6.45) is -2.64. The maximum atomic E-state index is 12.9. The third-order valence-electron chi connectivity index (χ3n) is 7.02. The fraction of sp³-hybridized carbons (Fsp3) is 0.242. The van der Waals surface area contributed by atoms with Crippen LogP contribution >= 0.6 is 0 Å². The van der Waals surface area contributed by atoms with E-state index in [1.54, 1.807) is 19.1 Å². The Morgan fingerprint density at radius 2 is 1.64 bits per heavy atom. The quantitative estimate of drug-likeness (QED) is 0.202. The smallest absolute Gasteiger partial charge is 0.440 e. The van der Waals surface area contributed by atoms with Crippen LogP contribution in [0, 0.1) is 6.92 Å². The van der Waals surface area contributed by atoms with Crippen molar-refractivity contribution in [2.45, 2.75) is 52.4 Å². The number of allylic oxidation sites excluding steroid dienone is 1. The number of ether oxygens (including phenoxy) is 1. The van der Waals surface area contributed by atoms with Crippen molar-refractivity contribution < 1.29 is 26.8 Å². The fourth-order valence-electron chi connectivity index (χ4n) is 4.55. The number of alkyl halides is 3. The van der Waals surface area contributed by atoms with E-state index in [0.29, 0.717) is 22.8 Å². The van der Waals surface area contributed by atoms with Crippen molar-refractivity contribution in [3.8, 4) is 17.2 Å². The van der Waals surface area contributed by atoms with Gasteiger partial charge >= 0.3 is 17.6 Å². The van der Waals surface area contributed by atoms with E-state index in [-0.39, 0.29) is 24.5 Å². The molecule has 5 rings (SSSR count). The molecule has 0 aliphatic heterocycles. The summed E-state index contributed by atoms with van der Waals surface area (Å²) in [6, 6.07) is 20.0. The lowest BCUT2D eigenvalue weighted by Gasteiger charge is -2.20. The molecule has 228 valence electrons. The lowest BCUT2D eigenvalue weighted by molar-refractivity contribution is -0.137. The highest BCUT2D eigenvalue weighted by atomic mass is 19.4. The molecule has 0 unspecified atom stereocenters. The van der Waals surface area contributed by atoms with Gasteiger partial charge in [0.1, 0.15) is 23.8 Å². The van der Waals surface area contributed by atoms with E-state index in [2.05, 4.69) is 30.7 Å². The van der Waals surface area contributed by atoms with Crippen molar-refractivity contribution in [2.75, 3.05) is 0 Å². The molecule has 3 aromatic carbocycles. The minimum atomic E-state index is -4.43. The average Bonchev–Trinajstić information content (AvgIpc) is 3.51. The molecule has 1 N–H and O–H groups in total. The largest absolute Gasteiger partial charge is 0.487 e. The Kier molecular flexibility index (Phi) is 8.23. The molecule has 5 aromatic rings. The van der Waals surface area contributed by atoms with Crippen LogP contribution in [0.15, 0.2) is 97.4 Å². The van der Waals surface area contributed by atoms with E-state index in [1.165, 1.54) is 12.1 Å². The molecule has 0 aliphatic carbocycles. The molecule has 0 bridgehead atoms. The van der Waals surface area contributed by atoms with Gasteiger partial charge in [-0.25, -0.2) is 19.6 Å². The Morgan fingerprint density at radius 1 is 0.955 bits per heavy atom. The molecule has 2 aromatic heterocycles. The summed E-state index contributed by atoms with van der Waals surface area (Å²) in [5.41, 5.74) is 3.09. The molecule has 0 amide bonds. The second-order valence-electron chi connectivity index (χ2n) is 11.2. The van der Waals surface area contributed by atoms with Crippen LogP contribution in [0.3, 0.4) is 0 Å². The summed E-state index contributed by atoms with van der Waals surface area (Å²) in [5, 5.41) is 0. The van der Waals surface area contributed by atoms with Crippen LogP contribution in [0.25, 0.3) is 17.0 Å². The van der Waals surface area contributed by atoms with Crippen molar-refractivity contribution >= 4 is 5.57 Å². The third-order valence-corrected chi connectivity index (χ3v) is 7.02. The minimum Gasteiger partial charge on any atom is -0.487 e. The number of nitrogens with one attached hydrogen (secondary N) is 1. The number of rotatable bonds is 8. The van der Waals surface area contributed by atoms with Gasteiger partial charge in [0.2, 0.25) is 5.89 Å². The van der Waals surface area contributed by atoms with Crippen molar-refractivity contribution in [1.82, 2.24) is 14.7 Å². The summed E-state index contributed by atoms with van der Waals surface area (Å²) in [7, 11) is 0. The third kappa shape index (κ3) is 6.94. The van der Waals surface area contributed by atoms with E-state index < -0.39 is 23.2 Å². The van der Waals surface area contributed by atoms with Gasteiger partial charge in [-0.05, 0) is 71.0 Å². The highest BCUT2D eigenvalue weighted by molar-refractivity contribution is 5.80. The number of hydrogen-bond acceptors (Lipinski definition) is 6. The van der Waals surface area contributed by atoms with Crippen LogP contribution in [0.2, 0.25) is 0 Å². The first kappa shape index (κ1) is 30.4. The van der Waals surface area contributed by atoms with Crippen LogP contribution in [-0.4, -0.2) is 14.7 Å². The van der Waals surface area contributed by atoms with Gasteiger partial charge in [-0.1, -0.05) is 63.2 Å². The lowest BCUT2D eigenvalue weighted by Crippen LogP contribution is -2.16. The van der Waals surface area contributed by atoms with Crippen molar-refractivity contribution in [2.24, 2.45) is 0 Å². The van der Waals surface area contributed by atoms with Crippen molar-refractivity contribution in [1.29, 1.82) is 0 Å². The molecule has 0 spiro atoms. The summed E-state index contributed by atoms with van der Waals surface area (Å²) >= 11 is 0. The van der Waals surface area contributed by atoms with E-state index in [9.17, 15) is 22.8 Å². The normalized spacial score (nSPS) is 12.5. The van der Waals surface area contributed by atoms with Gasteiger partial charge in [-0.15, -0.1) is 4.74 Å². The maximum Gasteiger partial charge on any atom is 0.440 e. The Labute approximate surface area is 250 Å². The molecule has 0 aliphatic rings. The lowest BCUT2D eigenvalue weighted by atomic mass is 9.85. The Bertz CT molecular complexity index is 1900. The van der Waals surface area contributed by atoms with Crippen LogP contribution in [0.5, 0.6) is 5.75 Å². The number of oxazole rings is 1. The van der Waals surface area contributed by atoms with Gasteiger partial charge < -0.3 is 13.7 Å². The van der Waals surface area contributed by atoms with E-state index in [0.717, 1.165) is 39.1 Å². The molecule has 0 fully saturated rings. The second kappa shape index (κ2) is 11.9. The molecule has 11 heteroatoms. The second-order valence-corrected chi connectivity index (χ2v) is 11.2. The number of aromatic nitrogens is 3. The zero-order valence-corrected chi connectivity index (χ0v) is 24.5. The number of aryl methyl sites for hydroxylation is 1. The molecule has 8 nitrogen and oxygen atoms in total. The number of H-pyrrole nitrogens is 1. The monoisotopic (exact) mass is 605 g/mol. The first-order valence-corrected chi connectivity index (χ1v) is 13.8. The van der Waals surface area contributed by atoms with Crippen molar-refractivity contribution in [3.05, 3.63) is 134 Å². The topological polar surface area (TPSA) is 103 Å². The maximum absolute atomic E-state index is 12.9. The number of benzene rings is 3. The van der Waals surface area contributed by atoms with Crippen LogP contribution in [0.1, 0.15) is 54.5 Å². The Morgan fingerprint density at radius 3 is 2.25 bits per heavy atom. The number of nitrogens with zero attached hydrogens (tertiary/aromatic N) is 2. The van der Waals surface area contributed by atoms with Gasteiger partial charge in [0.15, 0.2) is 0 Å². The molecule has 0 radical (unpaired) electrons. The molecule has 0 saturated carbocycles. The predicted octanol–water partition coefficient (Wildman–Crippen LogP) is 7.12. The number of halogens is 3. The minimum absolute atomic E-state index is 0.0177. The van der Waals surface area contributed by atoms with Crippen LogP contribution < -0.4 is 16.2 Å². The van der Waals surface area contributed by atoms with Gasteiger partial charge in [-0.3, -0.25) is 0 Å². The summed E-state index contributed by atoms with van der Waals surface area (Å²) in [6.45, 7) is 8.17. The van der Waals surface area contributed by atoms with E-state index >= 15 is 0 Å². The number of hydrogen-bond donors (Lipinski definition) is 1. The van der Waals surface area contributed by atoms with Crippen LogP contribution in [0.4, 0.5) is 13.2 Å². The average molecular weight is 606 g/mol. The molecular formula is C33H30F3N3O5. The van der Waals surface area contributed by atoms with Gasteiger partial charge in [0.05, 0.1) is 12.1 Å². The zero-order chi connectivity index (χ0) is 31.6. The molecule has 0 atom stereocenters. The highest BCUT2D eigenvalue weighted by Crippen LogP contribution is 2.32. The molecule has 0 saturated heterocycles. The molecule has 44 heavy (non-hydrogen) atoms. The van der Waals surface area contributed by atoms with E-state index in [4.69, 9.17) is 13.7 Å². The molecular weight excluding hydrogens is 575 g/mol. The summed E-state index contributed by atoms with van der Waals surface area (Å²) in [5.74, 6) is 0.371. The Hall–Kier alpha value is -5.06. The Balaban J connectivity index is 1.39. The number of aromatic amines is 1. The van der Waals surface area contributed by atoms with Gasteiger partial charge in [-0.2, -0.15) is 13.2 Å². The van der Waals surface area contributed by atoms with Gasteiger partial charge in [0.25, 0.3) is 0 Å². The zero-order valence-electron chi connectivity index (χ0n) is 24.5. The first-order valence-electron chi connectivity index (χ1n) is 13.8. The van der Waals surface area contributed by atoms with E-state index in [1.807, 2.05) is 42.5 Å². The summed E-state index contributed by atoms with van der Waals surface area (Å²) in [4.78, 5) is 30.0. The molecule has 2 heterocycles. The SMILES string of the molecule is Cc1oc(-c2ccc(C(F)(F)F)cc2)nc1COc1cccc(/C(=C/Cn2oc(=O)[nH]c2=O)c2ccc(C(C)(C)C)cc2)c1. The van der Waals surface area contributed by atoms with Crippen molar-refractivity contribution in [3.63, 3.8) is 0 Å². The predicted molar refractivity (Wildman–Crippen MR) is 158 cm³/mol. The highest BCUT2D eigenvalue weighted by Gasteiger charge is 2.30. The fourth-order valence-corrected chi connectivity index (χ4v) is 4.55. The van der Waals surface area contributed by atoms with Crippen LogP contribution in [-0.2, 0) is 24.7 Å².